The number of rotatable bonds is 1. The summed E-state index contributed by atoms with van der Waals surface area (Å²) in [5.41, 5.74) is 2.96. The zero-order valence-corrected chi connectivity index (χ0v) is 7.93. The van der Waals surface area contributed by atoms with E-state index in [9.17, 15) is 0 Å². The van der Waals surface area contributed by atoms with Crippen molar-refractivity contribution in [3.8, 4) is 0 Å². The summed E-state index contributed by atoms with van der Waals surface area (Å²) in [5, 5.41) is 3.43. The van der Waals surface area contributed by atoms with Crippen LogP contribution in [0.4, 0.5) is 0 Å². The van der Waals surface area contributed by atoms with E-state index >= 15 is 0 Å². The molecule has 2 aliphatic rings. The van der Waals surface area contributed by atoms with Gasteiger partial charge >= 0.3 is 0 Å². The van der Waals surface area contributed by atoms with Gasteiger partial charge in [0.2, 0.25) is 0 Å². The Morgan fingerprint density at radius 1 is 1.50 bits per heavy atom. The number of allylic oxidation sites excluding steroid dienone is 3. The Kier molecular flexibility index (Phi) is 1.95. The molecule has 2 atom stereocenters. The van der Waals surface area contributed by atoms with Gasteiger partial charge in [0.1, 0.15) is 0 Å². The zero-order valence-electron chi connectivity index (χ0n) is 7.93. The highest BCUT2D eigenvalue weighted by molar-refractivity contribution is 5.37. The molecule has 66 valence electrons. The maximum atomic E-state index is 3.43. The molecule has 2 rings (SSSR count). The van der Waals surface area contributed by atoms with Crippen LogP contribution in [0.3, 0.4) is 0 Å². The molecule has 1 saturated heterocycles. The van der Waals surface area contributed by atoms with Gasteiger partial charge in [0.05, 0.1) is 0 Å². The Morgan fingerprint density at radius 2 is 2.33 bits per heavy atom. The van der Waals surface area contributed by atoms with Crippen molar-refractivity contribution < 1.29 is 0 Å². The molecule has 1 heterocycles. The van der Waals surface area contributed by atoms with Crippen LogP contribution in [0.15, 0.2) is 23.4 Å². The second-order valence-electron chi connectivity index (χ2n) is 3.88. The molecule has 0 spiro atoms. The molecule has 0 aromatic heterocycles. The number of fused-ring (bicyclic) bond motifs is 1. The van der Waals surface area contributed by atoms with Crippen molar-refractivity contribution in [3.05, 3.63) is 23.4 Å². The van der Waals surface area contributed by atoms with E-state index in [-0.39, 0.29) is 0 Å². The number of nitrogens with one attached hydrogen (secondary N) is 1. The topological polar surface area (TPSA) is 12.0 Å². The van der Waals surface area contributed by atoms with Crippen LogP contribution in [0, 0.1) is 11.8 Å². The van der Waals surface area contributed by atoms with Crippen LogP contribution in [-0.2, 0) is 0 Å². The van der Waals surface area contributed by atoms with Crippen LogP contribution in [0.25, 0.3) is 0 Å². The molecule has 1 aliphatic heterocycles. The lowest BCUT2D eigenvalue weighted by molar-refractivity contribution is 0.484. The fourth-order valence-electron chi connectivity index (χ4n) is 2.21. The molecule has 12 heavy (non-hydrogen) atoms. The van der Waals surface area contributed by atoms with E-state index < -0.39 is 0 Å². The molecule has 1 heteroatoms. The van der Waals surface area contributed by atoms with Gasteiger partial charge in [0.15, 0.2) is 0 Å². The number of hydrogen-bond acceptors (Lipinski definition) is 1. The molecule has 0 aromatic rings. The highest BCUT2D eigenvalue weighted by Crippen LogP contribution is 2.32. The summed E-state index contributed by atoms with van der Waals surface area (Å²) in [7, 11) is 0. The van der Waals surface area contributed by atoms with Gasteiger partial charge in [-0.15, -0.1) is 0 Å². The van der Waals surface area contributed by atoms with Gasteiger partial charge < -0.3 is 5.32 Å². The Morgan fingerprint density at radius 3 is 3.08 bits per heavy atom. The average molecular weight is 163 g/mol. The molecule has 1 aliphatic carbocycles. The standard InChI is InChI=1S/C11H17N/c1-3-9-7-10-4-5-12-11(10)6-8(9)2/h6-9,12H,3-5H2,1-2H3. The van der Waals surface area contributed by atoms with E-state index in [2.05, 4.69) is 31.3 Å². The predicted molar refractivity (Wildman–Crippen MR) is 51.7 cm³/mol. The molecule has 0 saturated carbocycles. The molecule has 0 radical (unpaired) electrons. The summed E-state index contributed by atoms with van der Waals surface area (Å²) in [5.74, 6) is 1.50. The predicted octanol–water partition coefficient (Wildman–Crippen LogP) is 2.47. The first kappa shape index (κ1) is 7.90. The third-order valence-electron chi connectivity index (χ3n) is 3.05. The first-order valence-corrected chi connectivity index (χ1v) is 4.98. The molecular formula is C11H17N. The lowest BCUT2D eigenvalue weighted by Crippen LogP contribution is -2.15. The van der Waals surface area contributed by atoms with Gasteiger partial charge in [0, 0.05) is 12.2 Å². The molecule has 2 unspecified atom stereocenters. The monoisotopic (exact) mass is 163 g/mol. The summed E-state index contributed by atoms with van der Waals surface area (Å²) < 4.78 is 0. The first-order chi connectivity index (χ1) is 5.81. The van der Waals surface area contributed by atoms with Gasteiger partial charge in [-0.1, -0.05) is 26.0 Å². The molecule has 0 aromatic carbocycles. The van der Waals surface area contributed by atoms with E-state index in [4.69, 9.17) is 0 Å². The molecule has 1 nitrogen and oxygen atoms in total. The Labute approximate surface area is 74.5 Å². The van der Waals surface area contributed by atoms with E-state index in [1.807, 2.05) is 0 Å². The van der Waals surface area contributed by atoms with Crippen LogP contribution in [0.2, 0.25) is 0 Å². The minimum absolute atomic E-state index is 0.722. The summed E-state index contributed by atoms with van der Waals surface area (Å²) >= 11 is 0. The summed E-state index contributed by atoms with van der Waals surface area (Å²) in [6.45, 7) is 5.73. The average Bonchev–Trinajstić information content (AvgIpc) is 2.49. The third-order valence-corrected chi connectivity index (χ3v) is 3.05. The van der Waals surface area contributed by atoms with E-state index in [1.54, 1.807) is 5.57 Å². The summed E-state index contributed by atoms with van der Waals surface area (Å²) in [4.78, 5) is 0. The van der Waals surface area contributed by atoms with Crippen LogP contribution in [0.1, 0.15) is 26.7 Å². The van der Waals surface area contributed by atoms with Gasteiger partial charge in [-0.2, -0.15) is 0 Å². The van der Waals surface area contributed by atoms with Gasteiger partial charge in [-0.3, -0.25) is 0 Å². The minimum atomic E-state index is 0.722. The van der Waals surface area contributed by atoms with Crippen LogP contribution < -0.4 is 5.32 Å². The molecule has 0 amide bonds. The Bertz CT molecular complexity index is 237. The molecule has 0 bridgehead atoms. The van der Waals surface area contributed by atoms with E-state index in [1.165, 1.54) is 18.5 Å². The highest BCUT2D eigenvalue weighted by Gasteiger charge is 2.22. The van der Waals surface area contributed by atoms with Crippen LogP contribution in [-0.4, -0.2) is 6.54 Å². The minimum Gasteiger partial charge on any atom is -0.385 e. The van der Waals surface area contributed by atoms with Crippen LogP contribution >= 0.6 is 0 Å². The second kappa shape index (κ2) is 2.96. The van der Waals surface area contributed by atoms with Crippen molar-refractivity contribution in [1.82, 2.24) is 5.32 Å². The lowest BCUT2D eigenvalue weighted by atomic mass is 9.84. The normalized spacial score (nSPS) is 33.5. The molecule has 1 N–H and O–H groups in total. The maximum Gasteiger partial charge on any atom is 0.0332 e. The third kappa shape index (κ3) is 1.17. The van der Waals surface area contributed by atoms with Gasteiger partial charge in [-0.05, 0) is 30.3 Å². The van der Waals surface area contributed by atoms with Gasteiger partial charge in [-0.25, -0.2) is 0 Å². The lowest BCUT2D eigenvalue weighted by Gasteiger charge is -2.22. The van der Waals surface area contributed by atoms with E-state index in [0.29, 0.717) is 0 Å². The smallest absolute Gasteiger partial charge is 0.0332 e. The van der Waals surface area contributed by atoms with E-state index in [0.717, 1.165) is 18.4 Å². The van der Waals surface area contributed by atoms with Crippen LogP contribution in [0.5, 0.6) is 0 Å². The highest BCUT2D eigenvalue weighted by atomic mass is 14.9. The first-order valence-electron chi connectivity index (χ1n) is 4.98. The maximum absolute atomic E-state index is 3.43. The zero-order chi connectivity index (χ0) is 8.55. The quantitative estimate of drug-likeness (QED) is 0.626. The summed E-state index contributed by atoms with van der Waals surface area (Å²) in [6, 6.07) is 0. The van der Waals surface area contributed by atoms with Crippen molar-refractivity contribution in [2.24, 2.45) is 11.8 Å². The largest absolute Gasteiger partial charge is 0.385 e. The van der Waals surface area contributed by atoms with Crippen molar-refractivity contribution in [2.75, 3.05) is 6.54 Å². The summed E-state index contributed by atoms with van der Waals surface area (Å²) in [6.07, 6.45) is 7.38. The van der Waals surface area contributed by atoms with Crippen molar-refractivity contribution in [2.45, 2.75) is 26.7 Å². The molecular weight excluding hydrogens is 146 g/mol. The van der Waals surface area contributed by atoms with Crippen molar-refractivity contribution in [1.29, 1.82) is 0 Å². The van der Waals surface area contributed by atoms with Crippen molar-refractivity contribution in [3.63, 3.8) is 0 Å². The number of hydrogen-bond donors (Lipinski definition) is 1. The second-order valence-corrected chi connectivity index (χ2v) is 3.88. The molecule has 1 fully saturated rings. The fourth-order valence-corrected chi connectivity index (χ4v) is 2.21. The SMILES string of the molecule is CCC1C=C2CCNC2=CC1C. The van der Waals surface area contributed by atoms with Crippen molar-refractivity contribution >= 4 is 0 Å². The Balaban J connectivity index is 2.23. The fraction of sp³-hybridized carbons (Fsp3) is 0.636. The van der Waals surface area contributed by atoms with Gasteiger partial charge in [0.25, 0.3) is 0 Å². The Hall–Kier alpha value is -0.720.